The van der Waals surface area contributed by atoms with E-state index in [0.29, 0.717) is 53.4 Å². The van der Waals surface area contributed by atoms with Crippen molar-refractivity contribution < 1.29 is 90.4 Å². The Balaban J connectivity index is 1.69. The van der Waals surface area contributed by atoms with Crippen molar-refractivity contribution in [3.63, 3.8) is 0 Å². The van der Waals surface area contributed by atoms with Crippen molar-refractivity contribution in [2.75, 3.05) is 6.54 Å². The lowest BCUT2D eigenvalue weighted by atomic mass is 10.0. The number of rotatable bonds is 11. The highest BCUT2D eigenvalue weighted by Crippen LogP contribution is 2.40. The summed E-state index contributed by atoms with van der Waals surface area (Å²) >= 11 is 0. The van der Waals surface area contributed by atoms with Crippen LogP contribution in [-0.2, 0) is 4.79 Å². The minimum absolute atomic E-state index is 0.108. The molecule has 0 bridgehead atoms. The lowest BCUT2D eigenvalue weighted by molar-refractivity contribution is -0.142. The molecule has 20 heteroatoms. The first kappa shape index (κ1) is 39.0. The first-order valence-corrected chi connectivity index (χ1v) is 15.2. The lowest BCUT2D eigenvalue weighted by Gasteiger charge is -2.28. The van der Waals surface area contributed by atoms with E-state index < -0.39 is 140 Å². The van der Waals surface area contributed by atoms with Gasteiger partial charge in [-0.2, -0.15) is 0 Å². The second kappa shape index (κ2) is 15.2. The molecular weight excluding hydrogens is 724 g/mol. The molecule has 0 heterocycles. The Bertz CT molecular complexity index is 1970. The lowest BCUT2D eigenvalue weighted by Crippen LogP contribution is -2.49. The molecule has 0 radical (unpaired) electrons. The zero-order chi connectivity index (χ0) is 40.3. The minimum Gasteiger partial charge on any atom is -0.504 e. The normalized spacial score (nSPS) is 11.4. The summed E-state index contributed by atoms with van der Waals surface area (Å²) in [5.74, 6) is -19.4. The van der Waals surface area contributed by atoms with Crippen molar-refractivity contribution in [2.24, 2.45) is 0 Å². The Hall–Kier alpha value is -7.77. The van der Waals surface area contributed by atoms with E-state index in [-0.39, 0.29) is 17.7 Å². The van der Waals surface area contributed by atoms with Crippen molar-refractivity contribution in [2.45, 2.75) is 25.3 Å². The number of carboxylic acid groups (broad SMARTS) is 1. The predicted molar refractivity (Wildman–Crippen MR) is 177 cm³/mol. The molecule has 0 fully saturated rings. The summed E-state index contributed by atoms with van der Waals surface area (Å²) in [7, 11) is 0. The van der Waals surface area contributed by atoms with Crippen molar-refractivity contribution in [3.8, 4) is 69.0 Å². The number of benzene rings is 4. The van der Waals surface area contributed by atoms with E-state index in [4.69, 9.17) is 0 Å². The fourth-order valence-corrected chi connectivity index (χ4v) is 5.14. The van der Waals surface area contributed by atoms with Gasteiger partial charge in [0.05, 0.1) is 0 Å². The van der Waals surface area contributed by atoms with Gasteiger partial charge >= 0.3 is 5.97 Å². The third kappa shape index (κ3) is 7.76. The number of amides is 4. The summed E-state index contributed by atoms with van der Waals surface area (Å²) < 4.78 is 0. The number of phenolic OH excluding ortho intramolecular Hbond substituents is 12. The van der Waals surface area contributed by atoms with E-state index in [9.17, 15) is 90.4 Å². The summed E-state index contributed by atoms with van der Waals surface area (Å²) in [6.45, 7) is -0.629. The number of phenols is 12. The van der Waals surface area contributed by atoms with Crippen LogP contribution in [0.15, 0.2) is 48.5 Å². The number of unbranched alkanes of at least 4 members (excludes halogenated alkanes) is 1. The molecule has 0 saturated carbocycles. The number of aromatic hydroxyl groups is 12. The Kier molecular flexibility index (Phi) is 11.0. The Morgan fingerprint density at radius 1 is 0.426 bits per heavy atom. The summed E-state index contributed by atoms with van der Waals surface area (Å²) in [6.07, 6.45) is -1.33. The monoisotopic (exact) mass is 754 g/mol. The molecule has 0 aliphatic heterocycles. The van der Waals surface area contributed by atoms with E-state index in [1.165, 1.54) is 0 Å². The number of aliphatic carboxylic acids is 1. The zero-order valence-corrected chi connectivity index (χ0v) is 27.3. The Labute approximate surface area is 301 Å². The van der Waals surface area contributed by atoms with Crippen LogP contribution in [-0.4, -0.2) is 118 Å². The molecule has 284 valence electrons. The van der Waals surface area contributed by atoms with Gasteiger partial charge < -0.3 is 66.4 Å². The maximum absolute atomic E-state index is 13.7. The molecule has 0 saturated heterocycles. The highest BCUT2D eigenvalue weighted by atomic mass is 16.4. The van der Waals surface area contributed by atoms with Crippen molar-refractivity contribution in [3.05, 3.63) is 70.8 Å². The summed E-state index contributed by atoms with van der Waals surface area (Å²) in [6, 6.07) is 2.99. The standard InChI is InChI=1S/C34H30N2O18/c37-18-5-13(6-19(38)26(18)45)30(49)35(31(50)14-7-20(39)27(46)21(40)8-14)4-2-1-3-17(34(53)54)36(32(51)15-9-22(41)28(47)23(42)10-15)33(52)16-11-24(43)29(48)25(44)12-16/h5-12,17,37-48H,1-4H2,(H,53,54)/t17-/m1/s1. The summed E-state index contributed by atoms with van der Waals surface area (Å²) in [5, 5.41) is 129. The van der Waals surface area contributed by atoms with Crippen LogP contribution < -0.4 is 0 Å². The van der Waals surface area contributed by atoms with Gasteiger partial charge in [-0.1, -0.05) is 0 Å². The molecule has 13 N–H and O–H groups in total. The van der Waals surface area contributed by atoms with Crippen LogP contribution in [0.4, 0.5) is 0 Å². The van der Waals surface area contributed by atoms with Crippen LogP contribution in [0.1, 0.15) is 60.7 Å². The molecule has 4 rings (SSSR count). The second-order valence-electron chi connectivity index (χ2n) is 11.5. The highest BCUT2D eigenvalue weighted by Gasteiger charge is 2.37. The third-order valence-electron chi connectivity index (χ3n) is 7.90. The van der Waals surface area contributed by atoms with Gasteiger partial charge in [0.25, 0.3) is 23.6 Å². The molecule has 54 heavy (non-hydrogen) atoms. The molecule has 1 atom stereocenters. The second-order valence-corrected chi connectivity index (χ2v) is 11.5. The quantitative estimate of drug-likeness (QED) is 0.0591. The third-order valence-corrected chi connectivity index (χ3v) is 7.90. The number of hydrogen-bond acceptors (Lipinski definition) is 17. The van der Waals surface area contributed by atoms with E-state index in [0.717, 1.165) is 0 Å². The molecule has 0 spiro atoms. The van der Waals surface area contributed by atoms with Gasteiger partial charge in [-0.15, -0.1) is 0 Å². The van der Waals surface area contributed by atoms with Gasteiger partial charge in [0, 0.05) is 28.8 Å². The predicted octanol–water partition coefficient (Wildman–Crippen LogP) is 2.04. The van der Waals surface area contributed by atoms with E-state index in [2.05, 4.69) is 0 Å². The van der Waals surface area contributed by atoms with Gasteiger partial charge in [-0.25, -0.2) is 4.79 Å². The van der Waals surface area contributed by atoms with Crippen molar-refractivity contribution in [1.82, 2.24) is 9.80 Å². The highest BCUT2D eigenvalue weighted by molar-refractivity contribution is 6.13. The molecule has 0 aromatic heterocycles. The van der Waals surface area contributed by atoms with Gasteiger partial charge in [0.2, 0.25) is 0 Å². The number of carbonyl (C=O) groups is 5. The molecule has 4 aromatic carbocycles. The molecule has 4 aromatic rings. The Morgan fingerprint density at radius 2 is 0.685 bits per heavy atom. The van der Waals surface area contributed by atoms with Gasteiger partial charge in [0.1, 0.15) is 6.04 Å². The Morgan fingerprint density at radius 3 is 0.944 bits per heavy atom. The maximum atomic E-state index is 13.7. The molecule has 0 unspecified atom stereocenters. The first-order valence-electron chi connectivity index (χ1n) is 15.2. The molecule has 4 amide bonds. The smallest absolute Gasteiger partial charge is 0.326 e. The van der Waals surface area contributed by atoms with Crippen molar-refractivity contribution in [1.29, 1.82) is 0 Å². The first-order chi connectivity index (χ1) is 25.2. The van der Waals surface area contributed by atoms with Crippen LogP contribution in [0.2, 0.25) is 0 Å². The van der Waals surface area contributed by atoms with E-state index >= 15 is 0 Å². The largest absolute Gasteiger partial charge is 0.504 e. The fourth-order valence-electron chi connectivity index (χ4n) is 5.14. The average Bonchev–Trinajstić information content (AvgIpc) is 3.11. The average molecular weight is 755 g/mol. The molecular formula is C34H30N2O18. The maximum Gasteiger partial charge on any atom is 0.326 e. The minimum atomic E-state index is -2.14. The number of nitrogens with zero attached hydrogens (tertiary/aromatic N) is 2. The van der Waals surface area contributed by atoms with Crippen LogP contribution >= 0.6 is 0 Å². The number of carboxylic acids is 1. The SMILES string of the molecule is O=C(O)[C@@H](CCCCN(C(=O)c1cc(O)c(O)c(O)c1)C(=O)c1cc(O)c(O)c(O)c1)N(C(=O)c1cc(O)c(O)c(O)c1)C(=O)c1cc(O)c(O)c(O)c1. The number of imide groups is 2. The van der Waals surface area contributed by atoms with Gasteiger partial charge in [0.15, 0.2) is 69.0 Å². The van der Waals surface area contributed by atoms with E-state index in [1.807, 2.05) is 0 Å². The number of carbonyl (C=O) groups excluding carboxylic acids is 4. The van der Waals surface area contributed by atoms with Gasteiger partial charge in [-0.3, -0.25) is 29.0 Å². The van der Waals surface area contributed by atoms with Crippen LogP contribution in [0.3, 0.4) is 0 Å². The fraction of sp³-hybridized carbons (Fsp3) is 0.147. The molecule has 0 aliphatic rings. The van der Waals surface area contributed by atoms with Crippen LogP contribution in [0, 0.1) is 0 Å². The number of hydrogen-bond donors (Lipinski definition) is 13. The zero-order valence-electron chi connectivity index (χ0n) is 27.3. The topological polar surface area (TPSA) is 355 Å². The molecule has 0 aliphatic carbocycles. The van der Waals surface area contributed by atoms with E-state index in [1.54, 1.807) is 0 Å². The molecule has 20 nitrogen and oxygen atoms in total. The van der Waals surface area contributed by atoms with Crippen molar-refractivity contribution >= 4 is 29.6 Å². The van der Waals surface area contributed by atoms with Crippen LogP contribution in [0.5, 0.6) is 69.0 Å². The van der Waals surface area contributed by atoms with Crippen LogP contribution in [0.25, 0.3) is 0 Å². The van der Waals surface area contributed by atoms with Gasteiger partial charge in [-0.05, 0) is 67.8 Å². The summed E-state index contributed by atoms with van der Waals surface area (Å²) in [4.78, 5) is 67.6. The summed E-state index contributed by atoms with van der Waals surface area (Å²) in [5.41, 5.74) is -2.57.